The molecule has 1 fully saturated rings. The van der Waals surface area contributed by atoms with Crippen LogP contribution in [0.5, 0.6) is 23.0 Å². The van der Waals surface area contributed by atoms with E-state index in [1.165, 1.54) is 0 Å². The van der Waals surface area contributed by atoms with Crippen molar-refractivity contribution in [3.05, 3.63) is 48.5 Å². The van der Waals surface area contributed by atoms with Crippen LogP contribution in [0.3, 0.4) is 0 Å². The van der Waals surface area contributed by atoms with Gasteiger partial charge >= 0.3 is 0 Å². The van der Waals surface area contributed by atoms with E-state index < -0.39 is 0 Å². The molecule has 6 nitrogen and oxygen atoms in total. The maximum absolute atomic E-state index is 5.99. The van der Waals surface area contributed by atoms with Crippen LogP contribution < -0.4 is 18.9 Å². The molecular formula is C24H34N2O4. The summed E-state index contributed by atoms with van der Waals surface area (Å²) in [5, 5.41) is 0. The van der Waals surface area contributed by atoms with Gasteiger partial charge in [0.15, 0.2) is 0 Å². The molecule has 2 atom stereocenters. The normalized spacial score (nSPS) is 20.0. The Kier molecular flexibility index (Phi) is 8.22. The van der Waals surface area contributed by atoms with Gasteiger partial charge in [0.25, 0.3) is 0 Å². The van der Waals surface area contributed by atoms with E-state index in [1.54, 1.807) is 14.2 Å². The average Bonchev–Trinajstić information content (AvgIpc) is 2.78. The fourth-order valence-corrected chi connectivity index (χ4v) is 3.72. The van der Waals surface area contributed by atoms with E-state index in [-0.39, 0.29) is 0 Å². The van der Waals surface area contributed by atoms with Crippen molar-refractivity contribution in [2.24, 2.45) is 0 Å². The number of benzene rings is 2. The third-order valence-corrected chi connectivity index (χ3v) is 5.62. The molecule has 2 aromatic rings. The van der Waals surface area contributed by atoms with E-state index >= 15 is 0 Å². The first-order chi connectivity index (χ1) is 14.6. The zero-order valence-corrected chi connectivity index (χ0v) is 18.5. The van der Waals surface area contributed by atoms with Crippen molar-refractivity contribution >= 4 is 0 Å². The Morgan fingerprint density at radius 2 is 1.17 bits per heavy atom. The van der Waals surface area contributed by atoms with Gasteiger partial charge in [-0.3, -0.25) is 9.80 Å². The topological polar surface area (TPSA) is 43.4 Å². The highest BCUT2D eigenvalue weighted by Crippen LogP contribution is 2.20. The van der Waals surface area contributed by atoms with Crippen molar-refractivity contribution in [3.8, 4) is 23.0 Å². The summed E-state index contributed by atoms with van der Waals surface area (Å²) in [5.41, 5.74) is 0. The number of methoxy groups -OCH3 is 2. The van der Waals surface area contributed by atoms with Crippen molar-refractivity contribution in [2.45, 2.75) is 32.4 Å². The Bertz CT molecular complexity index is 751. The lowest BCUT2D eigenvalue weighted by atomic mass is 10.1. The second-order valence-corrected chi connectivity index (χ2v) is 7.79. The minimum absolute atomic E-state index is 0.446. The molecule has 0 bridgehead atoms. The third-order valence-electron chi connectivity index (χ3n) is 5.62. The predicted molar refractivity (Wildman–Crippen MR) is 119 cm³/mol. The van der Waals surface area contributed by atoms with E-state index in [0.717, 1.165) is 49.1 Å². The molecule has 1 heterocycles. The summed E-state index contributed by atoms with van der Waals surface area (Å²) in [6, 6.07) is 16.4. The molecule has 0 N–H and O–H groups in total. The Hall–Kier alpha value is -2.44. The monoisotopic (exact) mass is 414 g/mol. The van der Waals surface area contributed by atoms with Gasteiger partial charge < -0.3 is 18.9 Å². The maximum Gasteiger partial charge on any atom is 0.142 e. The Labute approximate surface area is 180 Å². The highest BCUT2D eigenvalue weighted by Gasteiger charge is 2.28. The fraction of sp³-hybridized carbons (Fsp3) is 0.500. The van der Waals surface area contributed by atoms with Crippen molar-refractivity contribution < 1.29 is 18.9 Å². The fourth-order valence-electron chi connectivity index (χ4n) is 3.72. The second-order valence-electron chi connectivity index (χ2n) is 7.79. The van der Waals surface area contributed by atoms with Crippen LogP contribution in [-0.4, -0.2) is 69.1 Å². The van der Waals surface area contributed by atoms with Crippen LogP contribution in [0, 0.1) is 0 Å². The molecule has 2 unspecified atom stereocenters. The molecule has 0 amide bonds. The molecule has 164 valence electrons. The van der Waals surface area contributed by atoms with Gasteiger partial charge in [0.05, 0.1) is 20.8 Å². The van der Waals surface area contributed by atoms with Crippen LogP contribution in [-0.2, 0) is 0 Å². The van der Waals surface area contributed by atoms with Crippen LogP contribution in [0.15, 0.2) is 48.5 Å². The van der Waals surface area contributed by atoms with Gasteiger partial charge in [-0.2, -0.15) is 0 Å². The van der Waals surface area contributed by atoms with Crippen LogP contribution in [0.4, 0.5) is 0 Å². The van der Waals surface area contributed by atoms with E-state index in [9.17, 15) is 0 Å². The number of nitrogens with zero attached hydrogens (tertiary/aromatic N) is 2. The zero-order chi connectivity index (χ0) is 21.3. The molecule has 2 aromatic carbocycles. The Balaban J connectivity index is 1.38. The molecule has 0 saturated carbocycles. The minimum Gasteiger partial charge on any atom is -0.497 e. The van der Waals surface area contributed by atoms with Gasteiger partial charge in [0, 0.05) is 31.7 Å². The first-order valence-corrected chi connectivity index (χ1v) is 10.6. The van der Waals surface area contributed by atoms with Crippen molar-refractivity contribution in [2.75, 3.05) is 47.2 Å². The van der Waals surface area contributed by atoms with Crippen LogP contribution in [0.25, 0.3) is 0 Å². The van der Waals surface area contributed by atoms with Gasteiger partial charge in [0.2, 0.25) is 0 Å². The molecule has 1 aliphatic rings. The SMILES string of the molecule is COc1ccc(OCCCN2CC(C)N(COc3ccc(OC)cc3)CC2C)cc1. The second kappa shape index (κ2) is 11.1. The lowest BCUT2D eigenvalue weighted by Crippen LogP contribution is -2.57. The summed E-state index contributed by atoms with van der Waals surface area (Å²) in [5.74, 6) is 3.44. The molecule has 1 aliphatic heterocycles. The molecule has 1 saturated heterocycles. The van der Waals surface area contributed by atoms with Gasteiger partial charge in [0.1, 0.15) is 29.7 Å². The molecule has 3 rings (SSSR count). The number of piperazine rings is 1. The number of rotatable bonds is 10. The summed E-state index contributed by atoms with van der Waals surface area (Å²) < 4.78 is 22.2. The standard InChI is InChI=1S/C24H34N2O4/c1-19-17-26(18-30-24-12-8-22(28-4)9-13-24)20(2)16-25(19)14-5-15-29-23-10-6-21(27-3)7-11-23/h6-13,19-20H,5,14-18H2,1-4H3. The summed E-state index contributed by atoms with van der Waals surface area (Å²) in [6.07, 6.45) is 1.01. The van der Waals surface area contributed by atoms with Crippen molar-refractivity contribution in [1.29, 1.82) is 0 Å². The quantitative estimate of drug-likeness (QED) is 0.550. The summed E-state index contributed by atoms with van der Waals surface area (Å²) in [7, 11) is 3.34. The highest BCUT2D eigenvalue weighted by atomic mass is 16.5. The number of hydrogen-bond acceptors (Lipinski definition) is 6. The van der Waals surface area contributed by atoms with Gasteiger partial charge in [-0.25, -0.2) is 0 Å². The first kappa shape index (κ1) is 22.2. The van der Waals surface area contributed by atoms with Crippen LogP contribution in [0.1, 0.15) is 20.3 Å². The maximum atomic E-state index is 5.99. The molecule has 30 heavy (non-hydrogen) atoms. The summed E-state index contributed by atoms with van der Waals surface area (Å²) in [4.78, 5) is 4.95. The Morgan fingerprint density at radius 3 is 1.73 bits per heavy atom. The lowest BCUT2D eigenvalue weighted by molar-refractivity contribution is -0.00230. The number of hydrogen-bond donors (Lipinski definition) is 0. The van der Waals surface area contributed by atoms with Crippen LogP contribution >= 0.6 is 0 Å². The van der Waals surface area contributed by atoms with E-state index in [4.69, 9.17) is 18.9 Å². The van der Waals surface area contributed by atoms with Gasteiger partial charge in [-0.05, 0) is 68.8 Å². The highest BCUT2D eigenvalue weighted by molar-refractivity contribution is 5.31. The molecular weight excluding hydrogens is 380 g/mol. The van der Waals surface area contributed by atoms with Gasteiger partial charge in [-0.15, -0.1) is 0 Å². The van der Waals surface area contributed by atoms with E-state index in [1.807, 2.05) is 48.5 Å². The van der Waals surface area contributed by atoms with E-state index in [0.29, 0.717) is 25.4 Å². The molecule has 6 heteroatoms. The first-order valence-electron chi connectivity index (χ1n) is 10.6. The molecule has 0 spiro atoms. The minimum atomic E-state index is 0.446. The Morgan fingerprint density at radius 1 is 0.700 bits per heavy atom. The van der Waals surface area contributed by atoms with Gasteiger partial charge in [-0.1, -0.05) is 0 Å². The zero-order valence-electron chi connectivity index (χ0n) is 18.5. The lowest BCUT2D eigenvalue weighted by Gasteiger charge is -2.43. The molecule has 0 radical (unpaired) electrons. The summed E-state index contributed by atoms with van der Waals surface area (Å²) >= 11 is 0. The molecule has 0 aromatic heterocycles. The summed E-state index contributed by atoms with van der Waals surface area (Å²) in [6.45, 7) is 8.95. The molecule has 0 aliphatic carbocycles. The average molecular weight is 415 g/mol. The van der Waals surface area contributed by atoms with E-state index in [2.05, 4.69) is 23.6 Å². The largest absolute Gasteiger partial charge is 0.497 e. The third kappa shape index (κ3) is 6.28. The number of ether oxygens (including phenoxy) is 4. The van der Waals surface area contributed by atoms with Crippen molar-refractivity contribution in [1.82, 2.24) is 9.80 Å². The van der Waals surface area contributed by atoms with Crippen LogP contribution in [0.2, 0.25) is 0 Å². The smallest absolute Gasteiger partial charge is 0.142 e. The predicted octanol–water partition coefficient (Wildman–Crippen LogP) is 3.90. The van der Waals surface area contributed by atoms with Crippen molar-refractivity contribution in [3.63, 3.8) is 0 Å².